The van der Waals surface area contributed by atoms with E-state index in [1.165, 1.54) is 0 Å². The lowest BCUT2D eigenvalue weighted by atomic mass is 10.0. The van der Waals surface area contributed by atoms with Crippen LogP contribution in [0.1, 0.15) is 50.9 Å². The van der Waals surface area contributed by atoms with Gasteiger partial charge >= 0.3 is 0 Å². The Morgan fingerprint density at radius 3 is 2.62 bits per heavy atom. The van der Waals surface area contributed by atoms with Crippen LogP contribution in [-0.4, -0.2) is 42.0 Å². The smallest absolute Gasteiger partial charge is 0.254 e. The lowest BCUT2D eigenvalue weighted by molar-refractivity contribution is -0.120. The molecule has 0 unspecified atom stereocenters. The number of carbonyl (C=O) groups is 2. The van der Waals surface area contributed by atoms with Gasteiger partial charge in [-0.05, 0) is 44.9 Å². The van der Waals surface area contributed by atoms with Crippen molar-refractivity contribution in [1.29, 1.82) is 0 Å². The number of hydrogen-bond donors (Lipinski definition) is 1. The van der Waals surface area contributed by atoms with Crippen molar-refractivity contribution in [1.82, 2.24) is 4.90 Å². The predicted octanol–water partition coefficient (Wildman–Crippen LogP) is 3.31. The molecule has 132 valence electrons. The molecule has 2 rings (SSSR count). The first kappa shape index (κ1) is 18.5. The molecule has 1 heterocycles. The Labute approximate surface area is 144 Å². The minimum atomic E-state index is -0.329. The normalized spacial score (nSPS) is 17.0. The number of morpholine rings is 1. The third kappa shape index (κ3) is 4.15. The highest BCUT2D eigenvalue weighted by atomic mass is 16.5. The Bertz CT molecular complexity index is 594. The maximum atomic E-state index is 12.9. The van der Waals surface area contributed by atoms with E-state index in [0.717, 1.165) is 12.8 Å². The first-order valence-corrected chi connectivity index (χ1v) is 8.69. The van der Waals surface area contributed by atoms with Crippen LogP contribution >= 0.6 is 0 Å². The minimum absolute atomic E-state index is 0.00235. The number of ether oxygens (including phenoxy) is 1. The van der Waals surface area contributed by atoms with Gasteiger partial charge in [0.25, 0.3) is 5.91 Å². The maximum absolute atomic E-state index is 12.9. The van der Waals surface area contributed by atoms with E-state index >= 15 is 0 Å². The molecule has 0 radical (unpaired) electrons. The summed E-state index contributed by atoms with van der Waals surface area (Å²) in [6, 6.07) is 7.18. The van der Waals surface area contributed by atoms with E-state index in [9.17, 15) is 9.59 Å². The van der Waals surface area contributed by atoms with E-state index < -0.39 is 0 Å². The summed E-state index contributed by atoms with van der Waals surface area (Å²) in [6.07, 6.45) is 1.62. The highest BCUT2D eigenvalue weighted by Gasteiger charge is 2.34. The van der Waals surface area contributed by atoms with Crippen LogP contribution in [0.15, 0.2) is 24.3 Å². The fourth-order valence-electron chi connectivity index (χ4n) is 3.02. The number of hydrogen-bond acceptors (Lipinski definition) is 3. The van der Waals surface area contributed by atoms with Gasteiger partial charge in [0.1, 0.15) is 0 Å². The van der Waals surface area contributed by atoms with Crippen molar-refractivity contribution in [2.24, 2.45) is 5.92 Å². The molecule has 24 heavy (non-hydrogen) atoms. The van der Waals surface area contributed by atoms with Crippen LogP contribution in [-0.2, 0) is 9.53 Å². The minimum Gasteiger partial charge on any atom is -0.377 e. The Kier molecular flexibility index (Phi) is 5.99. The van der Waals surface area contributed by atoms with Gasteiger partial charge in [-0.1, -0.05) is 19.9 Å². The van der Waals surface area contributed by atoms with Crippen molar-refractivity contribution >= 4 is 17.5 Å². The monoisotopic (exact) mass is 332 g/mol. The van der Waals surface area contributed by atoms with Crippen molar-refractivity contribution in [2.75, 3.05) is 25.1 Å². The SMILES string of the molecule is CCC(CC)C(=O)Nc1cccc(C(=O)N2CCOCC2(C)C)c1. The number of nitrogens with one attached hydrogen (secondary N) is 1. The average molecular weight is 332 g/mol. The second kappa shape index (κ2) is 7.79. The molecule has 2 amide bonds. The molecular formula is C19H28N2O3. The van der Waals surface area contributed by atoms with Gasteiger partial charge in [-0.2, -0.15) is 0 Å². The summed E-state index contributed by atoms with van der Waals surface area (Å²) in [4.78, 5) is 26.9. The Morgan fingerprint density at radius 1 is 1.29 bits per heavy atom. The van der Waals surface area contributed by atoms with Gasteiger partial charge in [-0.25, -0.2) is 0 Å². The van der Waals surface area contributed by atoms with E-state index in [-0.39, 0.29) is 23.3 Å². The Morgan fingerprint density at radius 2 is 2.00 bits per heavy atom. The van der Waals surface area contributed by atoms with Gasteiger partial charge in [-0.15, -0.1) is 0 Å². The van der Waals surface area contributed by atoms with E-state index in [4.69, 9.17) is 4.74 Å². The van der Waals surface area contributed by atoms with Crippen LogP contribution in [0, 0.1) is 5.92 Å². The maximum Gasteiger partial charge on any atom is 0.254 e. The van der Waals surface area contributed by atoms with E-state index in [0.29, 0.717) is 31.0 Å². The molecule has 5 nitrogen and oxygen atoms in total. The molecule has 5 heteroatoms. The molecule has 1 fully saturated rings. The summed E-state index contributed by atoms with van der Waals surface area (Å²) >= 11 is 0. The lowest BCUT2D eigenvalue weighted by Gasteiger charge is -2.42. The van der Waals surface area contributed by atoms with Crippen LogP contribution < -0.4 is 5.32 Å². The third-order valence-corrected chi connectivity index (χ3v) is 4.62. The van der Waals surface area contributed by atoms with Gasteiger partial charge in [0.15, 0.2) is 0 Å². The van der Waals surface area contributed by atoms with Crippen molar-refractivity contribution in [3.63, 3.8) is 0 Å². The number of amides is 2. The largest absolute Gasteiger partial charge is 0.377 e. The number of rotatable bonds is 5. The molecule has 0 spiro atoms. The van der Waals surface area contributed by atoms with Gasteiger partial charge in [0.2, 0.25) is 5.91 Å². The fraction of sp³-hybridized carbons (Fsp3) is 0.579. The summed E-state index contributed by atoms with van der Waals surface area (Å²) < 4.78 is 5.48. The van der Waals surface area contributed by atoms with Crippen LogP contribution in [0.2, 0.25) is 0 Å². The molecule has 1 aromatic carbocycles. The number of benzene rings is 1. The summed E-state index contributed by atoms with van der Waals surface area (Å²) in [6.45, 7) is 9.69. The second-order valence-electron chi connectivity index (χ2n) is 6.91. The van der Waals surface area contributed by atoms with Crippen LogP contribution in [0.3, 0.4) is 0 Å². The first-order valence-electron chi connectivity index (χ1n) is 8.69. The Hall–Kier alpha value is -1.88. The molecule has 1 N–H and O–H groups in total. The number of nitrogens with zero attached hydrogens (tertiary/aromatic N) is 1. The Balaban J connectivity index is 2.15. The van der Waals surface area contributed by atoms with Crippen molar-refractivity contribution in [3.8, 4) is 0 Å². The molecule has 0 bridgehead atoms. The predicted molar refractivity (Wildman–Crippen MR) is 95.1 cm³/mol. The van der Waals surface area contributed by atoms with E-state index in [1.807, 2.05) is 44.7 Å². The zero-order chi connectivity index (χ0) is 17.7. The first-order chi connectivity index (χ1) is 11.4. The van der Waals surface area contributed by atoms with Gasteiger partial charge in [0, 0.05) is 23.7 Å². The number of carbonyl (C=O) groups excluding carboxylic acids is 2. The molecule has 1 aliphatic rings. The second-order valence-corrected chi connectivity index (χ2v) is 6.91. The quantitative estimate of drug-likeness (QED) is 0.900. The summed E-state index contributed by atoms with van der Waals surface area (Å²) in [5, 5.41) is 2.93. The van der Waals surface area contributed by atoms with Crippen LogP contribution in [0.5, 0.6) is 0 Å². The average Bonchev–Trinajstić information content (AvgIpc) is 2.55. The molecule has 1 aromatic rings. The highest BCUT2D eigenvalue weighted by molar-refractivity contribution is 5.98. The van der Waals surface area contributed by atoms with Crippen molar-refractivity contribution < 1.29 is 14.3 Å². The van der Waals surface area contributed by atoms with Crippen molar-refractivity contribution in [3.05, 3.63) is 29.8 Å². The third-order valence-electron chi connectivity index (χ3n) is 4.62. The molecule has 1 saturated heterocycles. The summed E-state index contributed by atoms with van der Waals surface area (Å²) in [5.74, 6) is -0.0132. The molecule has 0 saturated carbocycles. The van der Waals surface area contributed by atoms with Crippen molar-refractivity contribution in [2.45, 2.75) is 46.1 Å². The van der Waals surface area contributed by atoms with E-state index in [1.54, 1.807) is 12.1 Å². The number of anilines is 1. The van der Waals surface area contributed by atoms with Crippen LogP contribution in [0.4, 0.5) is 5.69 Å². The van der Waals surface area contributed by atoms with Gasteiger partial charge in [-0.3, -0.25) is 9.59 Å². The lowest BCUT2D eigenvalue weighted by Crippen LogP contribution is -2.55. The summed E-state index contributed by atoms with van der Waals surface area (Å²) in [5.41, 5.74) is 0.931. The fourth-order valence-corrected chi connectivity index (χ4v) is 3.02. The van der Waals surface area contributed by atoms with Gasteiger partial charge < -0.3 is 15.0 Å². The summed E-state index contributed by atoms with van der Waals surface area (Å²) in [7, 11) is 0. The molecule has 0 aliphatic carbocycles. The molecule has 0 aromatic heterocycles. The highest BCUT2D eigenvalue weighted by Crippen LogP contribution is 2.23. The zero-order valence-corrected chi connectivity index (χ0v) is 15.1. The zero-order valence-electron chi connectivity index (χ0n) is 15.1. The topological polar surface area (TPSA) is 58.6 Å². The molecular weight excluding hydrogens is 304 g/mol. The standard InChI is InChI=1S/C19H28N2O3/c1-5-14(6-2)17(22)20-16-9-7-8-15(12-16)18(23)21-10-11-24-13-19(21,3)4/h7-9,12,14H,5-6,10-11,13H2,1-4H3,(H,20,22). The molecule has 0 atom stereocenters. The van der Waals surface area contributed by atoms with Crippen LogP contribution in [0.25, 0.3) is 0 Å². The van der Waals surface area contributed by atoms with Gasteiger partial charge in [0.05, 0.1) is 18.8 Å². The molecule has 1 aliphatic heterocycles. The van der Waals surface area contributed by atoms with E-state index in [2.05, 4.69) is 5.32 Å².